The molecule has 9 nitrogen and oxygen atoms in total. The molecule has 1 amide bonds. The maximum absolute atomic E-state index is 15.1. The number of amides is 1. The first-order valence-corrected chi connectivity index (χ1v) is 13.2. The van der Waals surface area contributed by atoms with Gasteiger partial charge in [0.05, 0.1) is 29.7 Å². The molecule has 1 atom stereocenters. The van der Waals surface area contributed by atoms with Crippen molar-refractivity contribution in [3.63, 3.8) is 0 Å². The van der Waals surface area contributed by atoms with Crippen LogP contribution in [0, 0.1) is 12.7 Å². The molecule has 0 radical (unpaired) electrons. The Morgan fingerprint density at radius 3 is 2.54 bits per heavy atom. The van der Waals surface area contributed by atoms with Crippen molar-refractivity contribution in [2.24, 2.45) is 0 Å². The zero-order chi connectivity index (χ0) is 28.0. The molecule has 2 aliphatic rings. The van der Waals surface area contributed by atoms with Crippen LogP contribution in [0.1, 0.15) is 55.2 Å². The lowest BCUT2D eigenvalue weighted by molar-refractivity contribution is -0.126. The molecule has 10 heteroatoms. The molecule has 1 unspecified atom stereocenters. The zero-order valence-electron chi connectivity index (χ0n) is 22.7. The number of phenolic OH excluding ortho intramolecular Hbond substituents is 1. The highest BCUT2D eigenvalue weighted by Gasteiger charge is 2.38. The number of aryl methyl sites for hydroxylation is 1. The Hall–Kier alpha value is -4.21. The van der Waals surface area contributed by atoms with Crippen LogP contribution in [-0.4, -0.2) is 56.6 Å². The number of carbonyl (C=O) groups is 1. The fourth-order valence-electron chi connectivity index (χ4n) is 5.69. The fourth-order valence-corrected chi connectivity index (χ4v) is 5.69. The number of rotatable bonds is 5. The third-order valence-electron chi connectivity index (χ3n) is 7.66. The van der Waals surface area contributed by atoms with Gasteiger partial charge in [-0.15, -0.1) is 0 Å². The number of aromatic nitrogens is 3. The Morgan fingerprint density at radius 1 is 1.18 bits per heavy atom. The van der Waals surface area contributed by atoms with Crippen LogP contribution >= 0.6 is 0 Å². The van der Waals surface area contributed by atoms with Gasteiger partial charge in [-0.25, -0.2) is 9.18 Å². The van der Waals surface area contributed by atoms with E-state index in [4.69, 9.17) is 0 Å². The predicted molar refractivity (Wildman–Crippen MR) is 148 cm³/mol. The van der Waals surface area contributed by atoms with Crippen LogP contribution in [0.25, 0.3) is 5.69 Å². The molecule has 1 N–H and O–H groups in total. The summed E-state index contributed by atoms with van der Waals surface area (Å²) in [5.41, 5.74) is 3.44. The lowest BCUT2D eigenvalue weighted by Crippen LogP contribution is -2.49. The van der Waals surface area contributed by atoms with Crippen molar-refractivity contribution >= 4 is 17.4 Å². The van der Waals surface area contributed by atoms with E-state index in [2.05, 4.69) is 16.5 Å². The standard InChI is InChI=1S/C29H33FN6O3/c1-6-23(38)33-12-14-34(15-13-33)28-24-19(5)35(27-20(30)8-7-9-22(27)37)16-21(24)36(29(39)32-28)26-18(4)10-11-31-25(26)17(2)3/h6-11,17,19,37H,1,12-16H2,2-5H3. The van der Waals surface area contributed by atoms with Crippen LogP contribution in [0.3, 0.4) is 0 Å². The van der Waals surface area contributed by atoms with Crippen LogP contribution in [0.4, 0.5) is 15.9 Å². The quantitative estimate of drug-likeness (QED) is 0.499. The summed E-state index contributed by atoms with van der Waals surface area (Å²) in [6.07, 6.45) is 3.04. The Morgan fingerprint density at radius 2 is 1.90 bits per heavy atom. The summed E-state index contributed by atoms with van der Waals surface area (Å²) in [5, 5.41) is 10.6. The van der Waals surface area contributed by atoms with E-state index in [1.54, 1.807) is 20.6 Å². The van der Waals surface area contributed by atoms with Crippen molar-refractivity contribution in [1.29, 1.82) is 0 Å². The van der Waals surface area contributed by atoms with Crippen LogP contribution < -0.4 is 15.5 Å². The minimum absolute atomic E-state index is 0.0446. The van der Waals surface area contributed by atoms with Gasteiger partial charge < -0.3 is 19.8 Å². The van der Waals surface area contributed by atoms with Gasteiger partial charge in [-0.3, -0.25) is 14.3 Å². The summed E-state index contributed by atoms with van der Waals surface area (Å²) in [7, 11) is 0. The summed E-state index contributed by atoms with van der Waals surface area (Å²) in [6, 6.07) is 5.70. The first-order chi connectivity index (χ1) is 18.6. The number of pyridine rings is 1. The lowest BCUT2D eigenvalue weighted by atomic mass is 10.0. The molecular weight excluding hydrogens is 499 g/mol. The first-order valence-electron chi connectivity index (χ1n) is 13.2. The maximum atomic E-state index is 15.1. The van der Waals surface area contributed by atoms with E-state index in [1.807, 2.05) is 38.7 Å². The lowest BCUT2D eigenvalue weighted by Gasteiger charge is -2.36. The van der Waals surface area contributed by atoms with Gasteiger partial charge >= 0.3 is 5.69 Å². The molecule has 4 heterocycles. The van der Waals surface area contributed by atoms with Gasteiger partial charge in [-0.05, 0) is 49.6 Å². The average molecular weight is 533 g/mol. The van der Waals surface area contributed by atoms with Gasteiger partial charge in [0.2, 0.25) is 5.91 Å². The summed E-state index contributed by atoms with van der Waals surface area (Å²) in [6.45, 7) is 13.6. The highest BCUT2D eigenvalue weighted by molar-refractivity contribution is 5.87. The number of hydrogen-bond donors (Lipinski definition) is 1. The number of nitrogens with zero attached hydrogens (tertiary/aromatic N) is 6. The summed E-state index contributed by atoms with van der Waals surface area (Å²) in [5.74, 6) is -0.283. The van der Waals surface area contributed by atoms with Gasteiger partial charge in [0, 0.05) is 37.9 Å². The molecule has 3 aromatic rings. The highest BCUT2D eigenvalue weighted by atomic mass is 19.1. The molecule has 0 aliphatic carbocycles. The van der Waals surface area contributed by atoms with E-state index in [1.165, 1.54) is 24.3 Å². The van der Waals surface area contributed by atoms with Crippen molar-refractivity contribution in [2.75, 3.05) is 36.0 Å². The third-order valence-corrected chi connectivity index (χ3v) is 7.66. The van der Waals surface area contributed by atoms with Gasteiger partial charge in [0.25, 0.3) is 0 Å². The van der Waals surface area contributed by atoms with Gasteiger partial charge in [-0.2, -0.15) is 4.98 Å². The van der Waals surface area contributed by atoms with Crippen LogP contribution in [0.5, 0.6) is 5.75 Å². The second-order valence-electron chi connectivity index (χ2n) is 10.4. The Kier molecular flexibility index (Phi) is 6.88. The maximum Gasteiger partial charge on any atom is 0.354 e. The van der Waals surface area contributed by atoms with Gasteiger partial charge in [0.15, 0.2) is 0 Å². The molecule has 39 heavy (non-hydrogen) atoms. The van der Waals surface area contributed by atoms with Crippen molar-refractivity contribution in [1.82, 2.24) is 19.4 Å². The highest BCUT2D eigenvalue weighted by Crippen LogP contribution is 2.45. The van der Waals surface area contributed by atoms with Crippen LogP contribution in [-0.2, 0) is 11.3 Å². The Balaban J connectivity index is 1.70. The molecule has 1 saturated heterocycles. The molecule has 204 valence electrons. The number of anilines is 2. The SMILES string of the molecule is C=CC(=O)N1CCN(c2nc(=O)n(-c3c(C)ccnc3C(C)C)c3c2C(C)N(c2c(O)cccc2F)C3)CC1. The minimum atomic E-state index is -0.546. The predicted octanol–water partition coefficient (Wildman–Crippen LogP) is 3.82. The van der Waals surface area contributed by atoms with E-state index in [0.29, 0.717) is 43.4 Å². The number of halogens is 1. The van der Waals surface area contributed by atoms with Crippen molar-refractivity contribution < 1.29 is 14.3 Å². The van der Waals surface area contributed by atoms with E-state index >= 15 is 4.39 Å². The normalized spacial score (nSPS) is 17.1. The number of hydrogen-bond acceptors (Lipinski definition) is 7. The number of carbonyl (C=O) groups excluding carboxylic acids is 1. The molecule has 0 saturated carbocycles. The van der Waals surface area contributed by atoms with E-state index in [0.717, 1.165) is 16.8 Å². The number of phenols is 1. The summed E-state index contributed by atoms with van der Waals surface area (Å²) < 4.78 is 16.7. The topological polar surface area (TPSA) is 94.8 Å². The van der Waals surface area contributed by atoms with E-state index in [-0.39, 0.29) is 29.8 Å². The van der Waals surface area contributed by atoms with Crippen molar-refractivity contribution in [3.05, 3.63) is 81.9 Å². The second-order valence-corrected chi connectivity index (χ2v) is 10.4. The largest absolute Gasteiger partial charge is 0.506 e. The zero-order valence-corrected chi connectivity index (χ0v) is 22.7. The monoisotopic (exact) mass is 532 g/mol. The number of aromatic hydroxyl groups is 1. The number of para-hydroxylation sites is 1. The van der Waals surface area contributed by atoms with E-state index < -0.39 is 17.5 Å². The molecule has 0 spiro atoms. The Labute approximate surface area is 226 Å². The molecule has 5 rings (SSSR count). The summed E-state index contributed by atoms with van der Waals surface area (Å²) in [4.78, 5) is 40.7. The van der Waals surface area contributed by atoms with Crippen molar-refractivity contribution in [3.8, 4) is 11.4 Å². The van der Waals surface area contributed by atoms with Crippen LogP contribution in [0.15, 0.2) is 47.9 Å². The number of benzene rings is 1. The van der Waals surface area contributed by atoms with Gasteiger partial charge in [-0.1, -0.05) is 26.5 Å². The van der Waals surface area contributed by atoms with Crippen LogP contribution in [0.2, 0.25) is 0 Å². The summed E-state index contributed by atoms with van der Waals surface area (Å²) >= 11 is 0. The molecule has 2 aromatic heterocycles. The number of piperazine rings is 1. The van der Waals surface area contributed by atoms with Gasteiger partial charge in [0.1, 0.15) is 23.1 Å². The third kappa shape index (κ3) is 4.43. The molecular formula is C29H33FN6O3. The molecule has 1 aromatic carbocycles. The molecule has 0 bridgehead atoms. The average Bonchev–Trinajstić information content (AvgIpc) is 3.24. The first kappa shape index (κ1) is 26.4. The smallest absolute Gasteiger partial charge is 0.354 e. The minimum Gasteiger partial charge on any atom is -0.506 e. The second kappa shape index (κ2) is 10.2. The van der Waals surface area contributed by atoms with Crippen molar-refractivity contribution in [2.45, 2.75) is 46.2 Å². The Bertz CT molecular complexity index is 1490. The molecule has 1 fully saturated rings. The fraction of sp³-hybridized carbons (Fsp3) is 0.379. The molecule has 2 aliphatic heterocycles. The van der Waals surface area contributed by atoms with E-state index in [9.17, 15) is 14.7 Å². The number of fused-ring (bicyclic) bond motifs is 1.